The van der Waals surface area contributed by atoms with Crippen molar-refractivity contribution in [3.05, 3.63) is 54.1 Å². The number of hydrogen-bond acceptors (Lipinski definition) is 7. The predicted octanol–water partition coefficient (Wildman–Crippen LogP) is 3.60. The van der Waals surface area contributed by atoms with Crippen LogP contribution in [0.15, 0.2) is 42.7 Å². The molecule has 7 nitrogen and oxygen atoms in total. The molecule has 0 spiro atoms. The van der Waals surface area contributed by atoms with Crippen LogP contribution in [0.2, 0.25) is 0 Å². The number of likely N-dealkylation sites (tertiary alicyclic amines) is 1. The first-order chi connectivity index (χ1) is 16.2. The number of ether oxygens (including phenoxy) is 1. The highest BCUT2D eigenvalue weighted by molar-refractivity contribution is 5.78. The van der Waals surface area contributed by atoms with Gasteiger partial charge >= 0.3 is 0 Å². The molecule has 0 atom stereocenters. The summed E-state index contributed by atoms with van der Waals surface area (Å²) in [5.74, 6) is 1.25. The van der Waals surface area contributed by atoms with Crippen LogP contribution in [0, 0.1) is 12.8 Å². The lowest BCUT2D eigenvalue weighted by Gasteiger charge is -2.30. The Bertz CT molecular complexity index is 996. The van der Waals surface area contributed by atoms with Gasteiger partial charge in [0.25, 0.3) is 0 Å². The van der Waals surface area contributed by atoms with Crippen LogP contribution < -0.4 is 15.8 Å². The van der Waals surface area contributed by atoms with Gasteiger partial charge in [-0.3, -0.25) is 4.98 Å². The summed E-state index contributed by atoms with van der Waals surface area (Å²) in [6.07, 6.45) is 12.4. The maximum absolute atomic E-state index is 9.24. The van der Waals surface area contributed by atoms with E-state index >= 15 is 0 Å². The molecule has 1 saturated heterocycles. The van der Waals surface area contributed by atoms with Gasteiger partial charge in [0.15, 0.2) is 0 Å². The van der Waals surface area contributed by atoms with E-state index in [9.17, 15) is 5.11 Å². The average Bonchev–Trinajstić information content (AvgIpc) is 3.62. The maximum atomic E-state index is 9.24. The van der Waals surface area contributed by atoms with Crippen molar-refractivity contribution in [2.45, 2.75) is 32.6 Å². The number of rotatable bonds is 12. The average molecular weight is 450 g/mol. The number of aryl methyl sites for hydroxylation is 1. The smallest absolute Gasteiger partial charge is 0.214 e. The van der Waals surface area contributed by atoms with Gasteiger partial charge in [-0.05, 0) is 87.2 Å². The minimum Gasteiger partial charge on any atom is -0.475 e. The van der Waals surface area contributed by atoms with Crippen molar-refractivity contribution in [2.75, 3.05) is 44.7 Å². The Morgan fingerprint density at radius 3 is 2.85 bits per heavy atom. The Kier molecular flexibility index (Phi) is 7.96. The molecule has 1 aliphatic heterocycles. The first kappa shape index (κ1) is 23.3. The molecule has 0 amide bonds. The standard InChI is InChI=1S/C26H35N5O2/c1-19-24(17-23(18-29-19)28-9-12-31-10-2-11-31)22-15-25(30-26(16-22)33-14-13-32)21(7-8-27)6-5-20-3-4-20/h6-8,15-18,20,28,32H,2-5,9-14,27H2,1H3/b8-7-,21-6+. The zero-order valence-corrected chi connectivity index (χ0v) is 19.5. The predicted molar refractivity (Wildman–Crippen MR) is 133 cm³/mol. The van der Waals surface area contributed by atoms with E-state index in [1.807, 2.05) is 25.3 Å². The highest BCUT2D eigenvalue weighted by atomic mass is 16.5. The number of aromatic nitrogens is 2. The van der Waals surface area contributed by atoms with Crippen LogP contribution in [0.25, 0.3) is 16.7 Å². The molecule has 1 saturated carbocycles. The van der Waals surface area contributed by atoms with E-state index in [2.05, 4.69) is 33.4 Å². The molecule has 176 valence electrons. The highest BCUT2D eigenvalue weighted by Crippen LogP contribution is 2.35. The third kappa shape index (κ3) is 6.55. The molecule has 3 heterocycles. The number of aliphatic hydroxyl groups excluding tert-OH is 1. The van der Waals surface area contributed by atoms with Crippen LogP contribution in [-0.4, -0.2) is 59.4 Å². The highest BCUT2D eigenvalue weighted by Gasteiger charge is 2.20. The molecule has 0 aromatic carbocycles. The summed E-state index contributed by atoms with van der Waals surface area (Å²) < 4.78 is 5.72. The quantitative estimate of drug-likeness (QED) is 0.426. The van der Waals surface area contributed by atoms with Gasteiger partial charge in [-0.2, -0.15) is 0 Å². The number of nitrogens with two attached hydrogens (primary N) is 1. The summed E-state index contributed by atoms with van der Waals surface area (Å²) in [6, 6.07) is 6.12. The molecule has 4 N–H and O–H groups in total. The van der Waals surface area contributed by atoms with E-state index in [1.54, 1.807) is 6.20 Å². The third-order valence-electron chi connectivity index (χ3n) is 6.19. The molecule has 2 aliphatic rings. The fourth-order valence-corrected chi connectivity index (χ4v) is 3.93. The third-order valence-corrected chi connectivity index (χ3v) is 6.19. The molecule has 7 heteroatoms. The summed E-state index contributed by atoms with van der Waals surface area (Å²) in [6.45, 7) is 6.47. The van der Waals surface area contributed by atoms with Crippen LogP contribution in [-0.2, 0) is 0 Å². The molecular formula is C26H35N5O2. The molecule has 33 heavy (non-hydrogen) atoms. The summed E-state index contributed by atoms with van der Waals surface area (Å²) in [5.41, 5.74) is 11.5. The largest absolute Gasteiger partial charge is 0.475 e. The van der Waals surface area contributed by atoms with Crippen molar-refractivity contribution in [2.24, 2.45) is 11.7 Å². The Morgan fingerprint density at radius 1 is 1.30 bits per heavy atom. The van der Waals surface area contributed by atoms with Crippen LogP contribution in [0.3, 0.4) is 0 Å². The molecule has 4 rings (SSSR count). The summed E-state index contributed by atoms with van der Waals surface area (Å²) >= 11 is 0. The van der Waals surface area contributed by atoms with Crippen LogP contribution in [0.5, 0.6) is 5.88 Å². The number of aliphatic hydroxyl groups is 1. The molecular weight excluding hydrogens is 414 g/mol. The van der Waals surface area contributed by atoms with Gasteiger partial charge in [-0.1, -0.05) is 6.08 Å². The monoisotopic (exact) mass is 449 g/mol. The van der Waals surface area contributed by atoms with Gasteiger partial charge in [-0.15, -0.1) is 0 Å². The van der Waals surface area contributed by atoms with Crippen molar-refractivity contribution < 1.29 is 9.84 Å². The summed E-state index contributed by atoms with van der Waals surface area (Å²) in [5, 5.41) is 12.7. The van der Waals surface area contributed by atoms with Gasteiger partial charge in [0.1, 0.15) is 6.61 Å². The molecule has 0 unspecified atom stereocenters. The molecule has 2 aromatic rings. The summed E-state index contributed by atoms with van der Waals surface area (Å²) in [4.78, 5) is 11.8. The van der Waals surface area contributed by atoms with E-state index in [-0.39, 0.29) is 13.2 Å². The van der Waals surface area contributed by atoms with E-state index < -0.39 is 0 Å². The van der Waals surface area contributed by atoms with Crippen molar-refractivity contribution in [3.63, 3.8) is 0 Å². The summed E-state index contributed by atoms with van der Waals surface area (Å²) in [7, 11) is 0. The molecule has 1 aliphatic carbocycles. The van der Waals surface area contributed by atoms with E-state index in [1.165, 1.54) is 32.4 Å². The normalized spacial score (nSPS) is 16.7. The van der Waals surface area contributed by atoms with E-state index in [4.69, 9.17) is 15.5 Å². The van der Waals surface area contributed by atoms with Crippen molar-refractivity contribution in [1.82, 2.24) is 14.9 Å². The van der Waals surface area contributed by atoms with Crippen LogP contribution in [0.4, 0.5) is 5.69 Å². The first-order valence-corrected chi connectivity index (χ1v) is 11.9. The maximum Gasteiger partial charge on any atom is 0.214 e. The van der Waals surface area contributed by atoms with Gasteiger partial charge in [0.2, 0.25) is 5.88 Å². The Balaban J connectivity index is 1.62. The van der Waals surface area contributed by atoms with Crippen LogP contribution in [0.1, 0.15) is 37.1 Å². The lowest BCUT2D eigenvalue weighted by molar-refractivity contribution is 0.189. The lowest BCUT2D eigenvalue weighted by atomic mass is 10.0. The van der Waals surface area contributed by atoms with E-state index in [0.717, 1.165) is 59.2 Å². The molecule has 2 aromatic heterocycles. The Morgan fingerprint density at radius 2 is 2.15 bits per heavy atom. The molecule has 0 radical (unpaired) electrons. The Hall–Kier alpha value is -2.90. The number of anilines is 1. The van der Waals surface area contributed by atoms with Gasteiger partial charge in [0.05, 0.1) is 24.2 Å². The molecule has 2 fully saturated rings. The number of nitrogens with zero attached hydrogens (tertiary/aromatic N) is 3. The minimum atomic E-state index is -0.0642. The van der Waals surface area contributed by atoms with Crippen molar-refractivity contribution in [1.29, 1.82) is 0 Å². The minimum absolute atomic E-state index is 0.0642. The fraction of sp³-hybridized carbons (Fsp3) is 0.462. The topological polar surface area (TPSA) is 96.5 Å². The number of hydrogen-bond donors (Lipinski definition) is 3. The molecule has 0 bridgehead atoms. The zero-order valence-electron chi connectivity index (χ0n) is 19.5. The SMILES string of the molecule is Cc1ncc(NCCN2CCC2)cc1-c1cc(OCCO)nc(C(/C=C\N)=C/CC2CC2)c1. The second-order valence-corrected chi connectivity index (χ2v) is 8.83. The second kappa shape index (κ2) is 11.3. The first-order valence-electron chi connectivity index (χ1n) is 11.9. The van der Waals surface area contributed by atoms with Gasteiger partial charge < -0.3 is 25.8 Å². The number of nitrogens with one attached hydrogen (secondary N) is 1. The number of pyridine rings is 2. The van der Waals surface area contributed by atoms with Gasteiger partial charge in [-0.25, -0.2) is 4.98 Å². The van der Waals surface area contributed by atoms with Crippen LogP contribution >= 0.6 is 0 Å². The fourth-order valence-electron chi connectivity index (χ4n) is 3.93. The van der Waals surface area contributed by atoms with Crippen molar-refractivity contribution in [3.8, 4) is 17.0 Å². The second-order valence-electron chi connectivity index (χ2n) is 8.83. The number of allylic oxidation sites excluding steroid dienone is 3. The van der Waals surface area contributed by atoms with Gasteiger partial charge in [0, 0.05) is 30.4 Å². The van der Waals surface area contributed by atoms with Crippen molar-refractivity contribution >= 4 is 11.3 Å². The Labute approximate surface area is 196 Å². The lowest BCUT2D eigenvalue weighted by Crippen LogP contribution is -2.40. The zero-order chi connectivity index (χ0) is 23.0. The van der Waals surface area contributed by atoms with E-state index in [0.29, 0.717) is 5.88 Å².